The van der Waals surface area contributed by atoms with Crippen molar-refractivity contribution in [3.63, 3.8) is 0 Å². The first-order valence-electron chi connectivity index (χ1n) is 6.04. The number of hydrogen-bond acceptors (Lipinski definition) is 4. The highest BCUT2D eigenvalue weighted by molar-refractivity contribution is 7.98. The molecule has 1 aromatic rings. The first kappa shape index (κ1) is 16.6. The summed E-state index contributed by atoms with van der Waals surface area (Å²) in [5.74, 6) is -1.31. The minimum absolute atomic E-state index is 0.162. The lowest BCUT2D eigenvalue weighted by Crippen LogP contribution is -2.35. The van der Waals surface area contributed by atoms with E-state index >= 15 is 0 Å². The molecule has 0 saturated heterocycles. The highest BCUT2D eigenvalue weighted by Crippen LogP contribution is 2.10. The molecule has 0 saturated carbocycles. The molecule has 0 fully saturated rings. The molecule has 0 bridgehead atoms. The first-order chi connectivity index (χ1) is 9.51. The molecular formula is C13H16F2N2O2S. The van der Waals surface area contributed by atoms with Crippen LogP contribution in [0, 0.1) is 11.6 Å². The summed E-state index contributed by atoms with van der Waals surface area (Å²) < 4.78 is 28.7. The van der Waals surface area contributed by atoms with Gasteiger partial charge in [0.2, 0.25) is 5.91 Å². The van der Waals surface area contributed by atoms with Gasteiger partial charge in [-0.1, -0.05) is 11.9 Å². The zero-order valence-electron chi connectivity index (χ0n) is 11.0. The van der Waals surface area contributed by atoms with Crippen LogP contribution >= 0.6 is 11.9 Å². The molecule has 1 atom stereocenters. The number of carbonyl (C=O) groups excluding carboxylic acids is 2. The molecule has 0 spiro atoms. The lowest BCUT2D eigenvalue weighted by Gasteiger charge is -2.14. The maximum absolute atomic E-state index is 13.0. The molecule has 0 aliphatic carbocycles. The van der Waals surface area contributed by atoms with Crippen LogP contribution in [-0.4, -0.2) is 30.5 Å². The molecule has 0 aromatic heterocycles. The molecule has 1 unspecified atom stereocenters. The van der Waals surface area contributed by atoms with Gasteiger partial charge in [0.1, 0.15) is 17.9 Å². The maximum atomic E-state index is 13.0. The van der Waals surface area contributed by atoms with E-state index in [2.05, 4.69) is 10.0 Å². The molecule has 1 amide bonds. The Morgan fingerprint density at radius 2 is 2.00 bits per heavy atom. The largest absolute Gasteiger partial charge is 0.353 e. The Labute approximate surface area is 120 Å². The smallest absolute Gasteiger partial charge is 0.231 e. The fourth-order valence-corrected chi connectivity index (χ4v) is 2.16. The van der Waals surface area contributed by atoms with Gasteiger partial charge in [0.25, 0.3) is 0 Å². The molecule has 0 aliphatic rings. The van der Waals surface area contributed by atoms with Gasteiger partial charge in [0, 0.05) is 12.1 Å². The van der Waals surface area contributed by atoms with Crippen LogP contribution in [0.5, 0.6) is 0 Å². The van der Waals surface area contributed by atoms with Crippen molar-refractivity contribution in [3.8, 4) is 0 Å². The van der Waals surface area contributed by atoms with Gasteiger partial charge in [-0.05, 0) is 31.0 Å². The van der Waals surface area contributed by atoms with Gasteiger partial charge in [-0.3, -0.25) is 9.52 Å². The minimum atomic E-state index is -0.632. The first-order valence-corrected chi connectivity index (χ1v) is 7.02. The molecule has 0 heterocycles. The van der Waals surface area contributed by atoms with E-state index in [0.717, 1.165) is 18.0 Å². The number of carbonyl (C=O) groups is 2. The van der Waals surface area contributed by atoms with Crippen LogP contribution in [0.15, 0.2) is 18.2 Å². The fraction of sp³-hybridized carbons (Fsp3) is 0.385. The second-order valence-electron chi connectivity index (χ2n) is 4.25. The SMILES string of the molecule is CC(Cc1cc(F)cc(F)c1)NC(=O)CSNCC=O. The number of nitrogens with one attached hydrogen (secondary N) is 2. The summed E-state index contributed by atoms with van der Waals surface area (Å²) in [5, 5.41) is 2.71. The van der Waals surface area contributed by atoms with Crippen molar-refractivity contribution in [2.24, 2.45) is 0 Å². The van der Waals surface area contributed by atoms with E-state index in [1.165, 1.54) is 12.1 Å². The normalized spacial score (nSPS) is 11.9. The number of rotatable bonds is 8. The third-order valence-electron chi connectivity index (χ3n) is 2.34. The number of benzene rings is 1. The van der Waals surface area contributed by atoms with E-state index in [1.807, 2.05) is 0 Å². The Hall–Kier alpha value is -1.47. The van der Waals surface area contributed by atoms with Gasteiger partial charge < -0.3 is 10.1 Å². The van der Waals surface area contributed by atoms with Crippen LogP contribution in [0.4, 0.5) is 8.78 Å². The van der Waals surface area contributed by atoms with Crippen molar-refractivity contribution in [1.29, 1.82) is 0 Å². The van der Waals surface area contributed by atoms with E-state index in [0.29, 0.717) is 18.3 Å². The monoisotopic (exact) mass is 302 g/mol. The van der Waals surface area contributed by atoms with Crippen molar-refractivity contribution < 1.29 is 18.4 Å². The predicted molar refractivity (Wildman–Crippen MR) is 74.2 cm³/mol. The van der Waals surface area contributed by atoms with Crippen molar-refractivity contribution in [2.75, 3.05) is 12.3 Å². The summed E-state index contributed by atoms with van der Waals surface area (Å²) in [7, 11) is 0. The third-order valence-corrected chi connectivity index (χ3v) is 3.12. The van der Waals surface area contributed by atoms with Crippen LogP contribution in [0.1, 0.15) is 12.5 Å². The lowest BCUT2D eigenvalue weighted by molar-refractivity contribution is -0.119. The van der Waals surface area contributed by atoms with Crippen molar-refractivity contribution in [3.05, 3.63) is 35.4 Å². The number of aldehydes is 1. The van der Waals surface area contributed by atoms with E-state index in [9.17, 15) is 18.4 Å². The molecule has 2 N–H and O–H groups in total. The van der Waals surface area contributed by atoms with Crippen LogP contribution in [0.3, 0.4) is 0 Å². The van der Waals surface area contributed by atoms with Gasteiger partial charge in [0.05, 0.1) is 12.3 Å². The standard InChI is InChI=1S/C13H16F2N2O2S/c1-9(17-13(19)8-20-16-2-3-18)4-10-5-11(14)7-12(15)6-10/h3,5-7,9,16H,2,4,8H2,1H3,(H,17,19). The third kappa shape index (κ3) is 6.63. The lowest BCUT2D eigenvalue weighted by atomic mass is 10.1. The predicted octanol–water partition coefficient (Wildman–Crippen LogP) is 1.45. The summed E-state index contributed by atoms with van der Waals surface area (Å²) in [6.45, 7) is 1.93. The second-order valence-corrected chi connectivity index (χ2v) is 5.12. The Morgan fingerprint density at radius 3 is 2.60 bits per heavy atom. The van der Waals surface area contributed by atoms with Gasteiger partial charge in [-0.2, -0.15) is 0 Å². The van der Waals surface area contributed by atoms with E-state index in [-0.39, 0.29) is 24.2 Å². The topological polar surface area (TPSA) is 58.2 Å². The summed E-state index contributed by atoms with van der Waals surface area (Å²) in [6, 6.07) is 3.05. The average Bonchev–Trinajstić information content (AvgIpc) is 2.33. The molecule has 1 rings (SSSR count). The quantitative estimate of drug-likeness (QED) is 0.433. The van der Waals surface area contributed by atoms with Gasteiger partial charge >= 0.3 is 0 Å². The fourth-order valence-electron chi connectivity index (χ4n) is 1.66. The maximum Gasteiger partial charge on any atom is 0.231 e. The highest BCUT2D eigenvalue weighted by atomic mass is 32.2. The minimum Gasteiger partial charge on any atom is -0.353 e. The Morgan fingerprint density at radius 1 is 1.35 bits per heavy atom. The van der Waals surface area contributed by atoms with E-state index in [1.54, 1.807) is 6.92 Å². The molecule has 20 heavy (non-hydrogen) atoms. The van der Waals surface area contributed by atoms with Crippen LogP contribution in [0.25, 0.3) is 0 Å². The van der Waals surface area contributed by atoms with Crippen LogP contribution in [0.2, 0.25) is 0 Å². The zero-order chi connectivity index (χ0) is 15.0. The Kier molecular flexibility index (Phi) is 7.17. The van der Waals surface area contributed by atoms with Gasteiger partial charge in [0.15, 0.2) is 0 Å². The molecule has 110 valence electrons. The molecule has 4 nitrogen and oxygen atoms in total. The molecule has 0 radical (unpaired) electrons. The summed E-state index contributed by atoms with van der Waals surface area (Å²) in [4.78, 5) is 21.6. The van der Waals surface area contributed by atoms with E-state index < -0.39 is 11.6 Å². The van der Waals surface area contributed by atoms with Gasteiger partial charge in [-0.15, -0.1) is 0 Å². The number of amides is 1. The van der Waals surface area contributed by atoms with E-state index in [4.69, 9.17) is 0 Å². The number of halogens is 2. The molecule has 1 aromatic carbocycles. The van der Waals surface area contributed by atoms with Crippen molar-refractivity contribution in [1.82, 2.24) is 10.0 Å². The Balaban J connectivity index is 2.36. The molecule has 0 aliphatic heterocycles. The summed E-state index contributed by atoms with van der Waals surface area (Å²) in [6.07, 6.45) is 1.04. The van der Waals surface area contributed by atoms with Crippen molar-refractivity contribution >= 4 is 24.1 Å². The average molecular weight is 302 g/mol. The number of hydrogen-bond donors (Lipinski definition) is 2. The van der Waals surface area contributed by atoms with Crippen molar-refractivity contribution in [2.45, 2.75) is 19.4 Å². The summed E-state index contributed by atoms with van der Waals surface area (Å²) >= 11 is 1.13. The highest BCUT2D eigenvalue weighted by Gasteiger charge is 2.09. The van der Waals surface area contributed by atoms with Gasteiger partial charge in [-0.25, -0.2) is 8.78 Å². The molecular weight excluding hydrogens is 286 g/mol. The zero-order valence-corrected chi connectivity index (χ0v) is 11.8. The van der Waals surface area contributed by atoms with Crippen LogP contribution < -0.4 is 10.0 Å². The van der Waals surface area contributed by atoms with Crippen LogP contribution in [-0.2, 0) is 16.0 Å². The Bertz CT molecular complexity index is 451. The summed E-state index contributed by atoms with van der Waals surface area (Å²) in [5.41, 5.74) is 0.488. The second kappa shape index (κ2) is 8.65. The molecule has 7 heteroatoms.